The minimum atomic E-state index is -0.421. The van der Waals surface area contributed by atoms with E-state index in [0.717, 1.165) is 17.7 Å². The van der Waals surface area contributed by atoms with Gasteiger partial charge in [0.25, 0.3) is 0 Å². The smallest absolute Gasteiger partial charge is 0.225 e. The standard InChI is InChI=1S/C15H21N3O3/c1-21-11-4-2-10(3-5-11)6-7-18-15(20)13-9-17-8-12(13)14(16)19/h2-5,12-13,17H,6-9H2,1H3,(H2,16,19)(H,18,20). The molecule has 2 amide bonds. The Morgan fingerprint density at radius 2 is 1.95 bits per heavy atom. The molecule has 1 aliphatic heterocycles. The van der Waals surface area contributed by atoms with Crippen molar-refractivity contribution in [3.63, 3.8) is 0 Å². The number of methoxy groups -OCH3 is 1. The van der Waals surface area contributed by atoms with Crippen molar-refractivity contribution in [2.24, 2.45) is 17.6 Å². The van der Waals surface area contributed by atoms with Gasteiger partial charge in [-0.25, -0.2) is 0 Å². The summed E-state index contributed by atoms with van der Waals surface area (Å²) in [5.41, 5.74) is 6.42. The summed E-state index contributed by atoms with van der Waals surface area (Å²) in [5.74, 6) is -0.499. The Labute approximate surface area is 124 Å². The SMILES string of the molecule is COc1ccc(CCNC(=O)C2CNCC2C(N)=O)cc1. The van der Waals surface area contributed by atoms with Crippen LogP contribution in [0.5, 0.6) is 5.75 Å². The van der Waals surface area contributed by atoms with Crippen molar-refractivity contribution in [1.82, 2.24) is 10.6 Å². The van der Waals surface area contributed by atoms with E-state index in [4.69, 9.17) is 10.5 Å². The van der Waals surface area contributed by atoms with E-state index in [1.54, 1.807) is 7.11 Å². The van der Waals surface area contributed by atoms with Crippen molar-refractivity contribution in [2.75, 3.05) is 26.7 Å². The Hall–Kier alpha value is -2.08. The lowest BCUT2D eigenvalue weighted by molar-refractivity contribution is -0.131. The summed E-state index contributed by atoms with van der Waals surface area (Å²) in [4.78, 5) is 23.3. The van der Waals surface area contributed by atoms with Gasteiger partial charge >= 0.3 is 0 Å². The van der Waals surface area contributed by atoms with Crippen molar-refractivity contribution in [3.05, 3.63) is 29.8 Å². The number of amides is 2. The van der Waals surface area contributed by atoms with Crippen molar-refractivity contribution >= 4 is 11.8 Å². The van der Waals surface area contributed by atoms with E-state index in [2.05, 4.69) is 10.6 Å². The summed E-state index contributed by atoms with van der Waals surface area (Å²) in [6.45, 7) is 1.51. The van der Waals surface area contributed by atoms with Crippen molar-refractivity contribution < 1.29 is 14.3 Å². The predicted octanol–water partition coefficient (Wildman–Crippen LogP) is -0.325. The third-order valence-corrected chi connectivity index (χ3v) is 3.79. The van der Waals surface area contributed by atoms with E-state index in [0.29, 0.717) is 19.6 Å². The van der Waals surface area contributed by atoms with E-state index >= 15 is 0 Å². The minimum absolute atomic E-state index is 0.114. The number of nitrogens with one attached hydrogen (secondary N) is 2. The van der Waals surface area contributed by atoms with E-state index in [-0.39, 0.29) is 11.8 Å². The summed E-state index contributed by atoms with van der Waals surface area (Å²) in [5, 5.41) is 5.90. The summed E-state index contributed by atoms with van der Waals surface area (Å²) in [7, 11) is 1.63. The fourth-order valence-electron chi connectivity index (χ4n) is 2.51. The monoisotopic (exact) mass is 291 g/mol. The predicted molar refractivity (Wildman–Crippen MR) is 78.8 cm³/mol. The van der Waals surface area contributed by atoms with E-state index < -0.39 is 11.8 Å². The highest BCUT2D eigenvalue weighted by atomic mass is 16.5. The van der Waals surface area contributed by atoms with E-state index in [9.17, 15) is 9.59 Å². The molecular formula is C15H21N3O3. The van der Waals surface area contributed by atoms with Gasteiger partial charge in [-0.2, -0.15) is 0 Å². The van der Waals surface area contributed by atoms with Crippen molar-refractivity contribution in [1.29, 1.82) is 0 Å². The lowest BCUT2D eigenvalue weighted by atomic mass is 9.94. The first-order chi connectivity index (χ1) is 10.1. The number of nitrogens with two attached hydrogens (primary N) is 1. The number of ether oxygens (including phenoxy) is 1. The van der Waals surface area contributed by atoms with Crippen molar-refractivity contribution in [2.45, 2.75) is 6.42 Å². The highest BCUT2D eigenvalue weighted by Gasteiger charge is 2.36. The number of carbonyl (C=O) groups excluding carboxylic acids is 2. The van der Waals surface area contributed by atoms with Crippen LogP contribution in [0.2, 0.25) is 0 Å². The van der Waals surface area contributed by atoms with Gasteiger partial charge in [0.05, 0.1) is 18.9 Å². The fourth-order valence-corrected chi connectivity index (χ4v) is 2.51. The maximum atomic E-state index is 12.1. The van der Waals surface area contributed by atoms with Crippen LogP contribution in [0.3, 0.4) is 0 Å². The molecule has 1 fully saturated rings. The Bertz CT molecular complexity index is 501. The molecule has 0 aromatic heterocycles. The van der Waals surface area contributed by atoms with E-state index in [1.165, 1.54) is 0 Å². The third kappa shape index (κ3) is 3.95. The molecule has 1 saturated heterocycles. The molecule has 2 rings (SSSR count). The van der Waals surface area contributed by atoms with Crippen LogP contribution < -0.4 is 21.1 Å². The molecule has 1 heterocycles. The van der Waals surface area contributed by atoms with Crippen LogP contribution in [0.4, 0.5) is 0 Å². The number of hydrogen-bond donors (Lipinski definition) is 3. The van der Waals surface area contributed by atoms with Crippen LogP contribution in [0.1, 0.15) is 5.56 Å². The average molecular weight is 291 g/mol. The van der Waals surface area contributed by atoms with Gasteiger partial charge in [-0.3, -0.25) is 9.59 Å². The first-order valence-electron chi connectivity index (χ1n) is 7.02. The second kappa shape index (κ2) is 7.08. The van der Waals surface area contributed by atoms with Crippen molar-refractivity contribution in [3.8, 4) is 5.75 Å². The molecule has 1 aromatic rings. The Morgan fingerprint density at radius 3 is 2.57 bits per heavy atom. The third-order valence-electron chi connectivity index (χ3n) is 3.79. The van der Waals surface area contributed by atoms with Crippen LogP contribution in [0.25, 0.3) is 0 Å². The van der Waals surface area contributed by atoms with Crippen LogP contribution in [-0.2, 0) is 16.0 Å². The highest BCUT2D eigenvalue weighted by molar-refractivity contribution is 5.87. The maximum absolute atomic E-state index is 12.1. The van der Waals surface area contributed by atoms with Crippen LogP contribution in [-0.4, -0.2) is 38.6 Å². The first kappa shape index (κ1) is 15.3. The molecule has 4 N–H and O–H groups in total. The second-order valence-corrected chi connectivity index (χ2v) is 5.16. The van der Waals surface area contributed by atoms with Gasteiger partial charge in [-0.1, -0.05) is 12.1 Å². The number of benzene rings is 1. The number of primary amides is 1. The zero-order valence-electron chi connectivity index (χ0n) is 12.1. The maximum Gasteiger partial charge on any atom is 0.225 e. The normalized spacial score (nSPS) is 21.0. The quantitative estimate of drug-likeness (QED) is 0.669. The average Bonchev–Trinajstić information content (AvgIpc) is 2.97. The molecule has 2 unspecified atom stereocenters. The first-order valence-corrected chi connectivity index (χ1v) is 7.02. The molecule has 2 atom stereocenters. The fraction of sp³-hybridized carbons (Fsp3) is 0.467. The molecule has 0 aliphatic carbocycles. The Balaban J connectivity index is 1.79. The summed E-state index contributed by atoms with van der Waals surface area (Å²) >= 11 is 0. The van der Waals surface area contributed by atoms with E-state index in [1.807, 2.05) is 24.3 Å². The highest BCUT2D eigenvalue weighted by Crippen LogP contribution is 2.16. The molecular weight excluding hydrogens is 270 g/mol. The Morgan fingerprint density at radius 1 is 1.29 bits per heavy atom. The molecule has 1 aromatic carbocycles. The zero-order chi connectivity index (χ0) is 15.2. The summed E-state index contributed by atoms with van der Waals surface area (Å²) < 4.78 is 5.09. The summed E-state index contributed by atoms with van der Waals surface area (Å²) in [6, 6.07) is 7.71. The topological polar surface area (TPSA) is 93.4 Å². The zero-order valence-corrected chi connectivity index (χ0v) is 12.1. The lowest BCUT2D eigenvalue weighted by Crippen LogP contribution is -2.40. The molecule has 6 heteroatoms. The van der Waals surface area contributed by atoms with Gasteiger partial charge in [0.15, 0.2) is 0 Å². The molecule has 21 heavy (non-hydrogen) atoms. The number of rotatable bonds is 6. The molecule has 0 spiro atoms. The van der Waals surface area contributed by atoms with Crippen LogP contribution in [0.15, 0.2) is 24.3 Å². The molecule has 1 aliphatic rings. The number of carbonyl (C=O) groups is 2. The minimum Gasteiger partial charge on any atom is -0.497 e. The lowest BCUT2D eigenvalue weighted by Gasteiger charge is -2.15. The van der Waals surface area contributed by atoms with Crippen LogP contribution >= 0.6 is 0 Å². The molecule has 6 nitrogen and oxygen atoms in total. The van der Waals surface area contributed by atoms with Gasteiger partial charge in [0.2, 0.25) is 11.8 Å². The van der Waals surface area contributed by atoms with Crippen LogP contribution in [0, 0.1) is 11.8 Å². The largest absolute Gasteiger partial charge is 0.497 e. The second-order valence-electron chi connectivity index (χ2n) is 5.16. The van der Waals surface area contributed by atoms with Gasteiger partial charge in [0.1, 0.15) is 5.75 Å². The molecule has 0 saturated carbocycles. The van der Waals surface area contributed by atoms with Gasteiger partial charge in [0, 0.05) is 19.6 Å². The van der Waals surface area contributed by atoms with Gasteiger partial charge in [-0.05, 0) is 24.1 Å². The van der Waals surface area contributed by atoms with Gasteiger partial charge < -0.3 is 21.1 Å². The molecule has 0 radical (unpaired) electrons. The molecule has 114 valence electrons. The summed E-state index contributed by atoms with van der Waals surface area (Å²) in [6.07, 6.45) is 0.733. The Kier molecular flexibility index (Phi) is 5.16. The number of hydrogen-bond acceptors (Lipinski definition) is 4. The molecule has 0 bridgehead atoms. The van der Waals surface area contributed by atoms with Gasteiger partial charge in [-0.15, -0.1) is 0 Å².